The van der Waals surface area contributed by atoms with Crippen molar-refractivity contribution in [2.45, 2.75) is 39.8 Å². The first-order chi connectivity index (χ1) is 9.74. The van der Waals surface area contributed by atoms with E-state index in [1.165, 1.54) is 16.8 Å². The van der Waals surface area contributed by atoms with Gasteiger partial charge in [-0.3, -0.25) is 4.68 Å². The van der Waals surface area contributed by atoms with Gasteiger partial charge in [0.25, 0.3) is 0 Å². The highest BCUT2D eigenvalue weighted by Crippen LogP contribution is 2.16. The number of benzene rings is 1. The van der Waals surface area contributed by atoms with Crippen LogP contribution in [0, 0.1) is 0 Å². The summed E-state index contributed by atoms with van der Waals surface area (Å²) in [5.74, 6) is 0. The van der Waals surface area contributed by atoms with Crippen LogP contribution in [0.5, 0.6) is 0 Å². The molecule has 0 aliphatic rings. The average Bonchev–Trinajstić information content (AvgIpc) is 2.80. The lowest BCUT2D eigenvalue weighted by Gasteiger charge is -2.10. The van der Waals surface area contributed by atoms with Gasteiger partial charge in [0.05, 0.1) is 12.7 Å². The second kappa shape index (κ2) is 7.46. The molecule has 0 amide bonds. The number of aromatic nitrogens is 2. The summed E-state index contributed by atoms with van der Waals surface area (Å²) < 4.78 is 2.10. The molecule has 0 saturated heterocycles. The fourth-order valence-corrected chi connectivity index (χ4v) is 2.54. The monoisotopic (exact) mass is 291 g/mol. The molecule has 0 aliphatic carbocycles. The largest absolute Gasteiger partial charge is 0.313 e. The predicted octanol–water partition coefficient (Wildman–Crippen LogP) is 3.65. The van der Waals surface area contributed by atoms with Gasteiger partial charge in [-0.2, -0.15) is 5.10 Å². The molecule has 0 spiro atoms. The fraction of sp³-hybridized carbons (Fsp3) is 0.438. The molecule has 2 rings (SSSR count). The second-order valence-electron chi connectivity index (χ2n) is 4.93. The standard InChI is InChI=1S/C16H22ClN3/c1-3-6-16-14(10-18-4-2)11-19-20(16)12-13-7-5-8-15(17)9-13/h5,7-9,11,18H,3-4,6,10,12H2,1-2H3. The van der Waals surface area contributed by atoms with E-state index in [1.54, 1.807) is 0 Å². The molecule has 0 atom stereocenters. The van der Waals surface area contributed by atoms with Crippen molar-refractivity contribution in [1.82, 2.24) is 15.1 Å². The summed E-state index contributed by atoms with van der Waals surface area (Å²) in [7, 11) is 0. The second-order valence-corrected chi connectivity index (χ2v) is 5.37. The fourth-order valence-electron chi connectivity index (χ4n) is 2.33. The topological polar surface area (TPSA) is 29.9 Å². The molecule has 1 heterocycles. The highest BCUT2D eigenvalue weighted by atomic mass is 35.5. The molecule has 0 radical (unpaired) electrons. The van der Waals surface area contributed by atoms with Crippen molar-refractivity contribution in [1.29, 1.82) is 0 Å². The van der Waals surface area contributed by atoms with Crippen LogP contribution in [-0.4, -0.2) is 16.3 Å². The first kappa shape index (κ1) is 15.1. The Kier molecular flexibility index (Phi) is 5.62. The minimum absolute atomic E-state index is 0.777. The number of nitrogens with one attached hydrogen (secondary N) is 1. The number of nitrogens with zero attached hydrogens (tertiary/aromatic N) is 2. The van der Waals surface area contributed by atoms with Crippen molar-refractivity contribution in [2.24, 2.45) is 0 Å². The maximum Gasteiger partial charge on any atom is 0.0663 e. The smallest absolute Gasteiger partial charge is 0.0663 e. The van der Waals surface area contributed by atoms with Gasteiger partial charge in [-0.05, 0) is 30.7 Å². The number of hydrogen-bond donors (Lipinski definition) is 1. The Balaban J connectivity index is 2.20. The molecule has 0 unspecified atom stereocenters. The van der Waals surface area contributed by atoms with Crippen LogP contribution in [0.4, 0.5) is 0 Å². The lowest BCUT2D eigenvalue weighted by Crippen LogP contribution is -2.14. The zero-order chi connectivity index (χ0) is 14.4. The summed E-state index contributed by atoms with van der Waals surface area (Å²) in [5.41, 5.74) is 3.82. The van der Waals surface area contributed by atoms with E-state index in [9.17, 15) is 0 Å². The molecule has 0 fully saturated rings. The van der Waals surface area contributed by atoms with Crippen LogP contribution in [0.2, 0.25) is 5.02 Å². The van der Waals surface area contributed by atoms with Crippen molar-refractivity contribution < 1.29 is 0 Å². The highest BCUT2D eigenvalue weighted by Gasteiger charge is 2.10. The van der Waals surface area contributed by atoms with Gasteiger partial charge in [0, 0.05) is 22.8 Å². The van der Waals surface area contributed by atoms with Crippen molar-refractivity contribution >= 4 is 11.6 Å². The maximum atomic E-state index is 6.05. The van der Waals surface area contributed by atoms with Gasteiger partial charge in [0.15, 0.2) is 0 Å². The Labute approximate surface area is 126 Å². The predicted molar refractivity (Wildman–Crippen MR) is 84.2 cm³/mol. The zero-order valence-corrected chi connectivity index (χ0v) is 13.0. The maximum absolute atomic E-state index is 6.05. The summed E-state index contributed by atoms with van der Waals surface area (Å²) in [6.45, 7) is 6.97. The summed E-state index contributed by atoms with van der Waals surface area (Å²) in [6.07, 6.45) is 4.17. The molecule has 0 aliphatic heterocycles. The van der Waals surface area contributed by atoms with Gasteiger partial charge in [-0.1, -0.05) is 44.0 Å². The van der Waals surface area contributed by atoms with E-state index in [1.807, 2.05) is 24.4 Å². The molecule has 0 saturated carbocycles. The van der Waals surface area contributed by atoms with E-state index in [0.717, 1.165) is 37.5 Å². The van der Waals surface area contributed by atoms with Gasteiger partial charge in [0.1, 0.15) is 0 Å². The quantitative estimate of drug-likeness (QED) is 0.844. The van der Waals surface area contributed by atoms with E-state index in [2.05, 4.69) is 35.0 Å². The molecule has 20 heavy (non-hydrogen) atoms. The average molecular weight is 292 g/mol. The van der Waals surface area contributed by atoms with Crippen LogP contribution < -0.4 is 5.32 Å². The van der Waals surface area contributed by atoms with Crippen molar-refractivity contribution in [3.05, 3.63) is 52.3 Å². The third kappa shape index (κ3) is 3.84. The van der Waals surface area contributed by atoms with Gasteiger partial charge < -0.3 is 5.32 Å². The number of hydrogen-bond acceptors (Lipinski definition) is 2. The van der Waals surface area contributed by atoms with Crippen LogP contribution in [0.1, 0.15) is 37.1 Å². The zero-order valence-electron chi connectivity index (χ0n) is 12.2. The summed E-state index contributed by atoms with van der Waals surface area (Å²) in [4.78, 5) is 0. The van der Waals surface area contributed by atoms with Gasteiger partial charge in [-0.15, -0.1) is 0 Å². The molecule has 1 aromatic carbocycles. The van der Waals surface area contributed by atoms with Crippen molar-refractivity contribution in [2.75, 3.05) is 6.54 Å². The van der Waals surface area contributed by atoms with E-state index in [-0.39, 0.29) is 0 Å². The Morgan fingerprint density at radius 2 is 2.15 bits per heavy atom. The Hall–Kier alpha value is -1.32. The molecule has 108 valence electrons. The normalized spacial score (nSPS) is 10.9. The van der Waals surface area contributed by atoms with Crippen LogP contribution in [0.3, 0.4) is 0 Å². The molecular weight excluding hydrogens is 270 g/mol. The van der Waals surface area contributed by atoms with Crippen LogP contribution >= 0.6 is 11.6 Å². The van der Waals surface area contributed by atoms with Crippen LogP contribution in [0.25, 0.3) is 0 Å². The van der Waals surface area contributed by atoms with Crippen LogP contribution in [-0.2, 0) is 19.5 Å². The SMILES string of the molecule is CCCc1c(CNCC)cnn1Cc1cccc(Cl)c1. The molecule has 0 bridgehead atoms. The minimum atomic E-state index is 0.777. The molecule has 1 N–H and O–H groups in total. The molecular formula is C16H22ClN3. The first-order valence-corrected chi connectivity index (χ1v) is 7.61. The van der Waals surface area contributed by atoms with E-state index in [4.69, 9.17) is 11.6 Å². The van der Waals surface area contributed by atoms with E-state index in [0.29, 0.717) is 0 Å². The third-order valence-electron chi connectivity index (χ3n) is 3.31. The Morgan fingerprint density at radius 1 is 1.30 bits per heavy atom. The van der Waals surface area contributed by atoms with Crippen LogP contribution in [0.15, 0.2) is 30.5 Å². The molecule has 1 aromatic heterocycles. The van der Waals surface area contributed by atoms with Gasteiger partial charge in [-0.25, -0.2) is 0 Å². The summed E-state index contributed by atoms with van der Waals surface area (Å²) in [6, 6.07) is 7.98. The Bertz CT molecular complexity index is 548. The summed E-state index contributed by atoms with van der Waals surface area (Å²) >= 11 is 6.05. The van der Waals surface area contributed by atoms with Gasteiger partial charge in [0.2, 0.25) is 0 Å². The number of halogens is 1. The number of rotatable bonds is 7. The third-order valence-corrected chi connectivity index (χ3v) is 3.54. The molecule has 4 heteroatoms. The lowest BCUT2D eigenvalue weighted by atomic mass is 10.1. The summed E-state index contributed by atoms with van der Waals surface area (Å²) in [5, 5.41) is 8.70. The lowest BCUT2D eigenvalue weighted by molar-refractivity contribution is 0.630. The van der Waals surface area contributed by atoms with E-state index >= 15 is 0 Å². The Morgan fingerprint density at radius 3 is 2.85 bits per heavy atom. The minimum Gasteiger partial charge on any atom is -0.313 e. The van der Waals surface area contributed by atoms with Crippen molar-refractivity contribution in [3.8, 4) is 0 Å². The van der Waals surface area contributed by atoms with E-state index < -0.39 is 0 Å². The highest BCUT2D eigenvalue weighted by molar-refractivity contribution is 6.30. The van der Waals surface area contributed by atoms with Gasteiger partial charge >= 0.3 is 0 Å². The first-order valence-electron chi connectivity index (χ1n) is 7.23. The molecule has 3 nitrogen and oxygen atoms in total. The van der Waals surface area contributed by atoms with Crippen molar-refractivity contribution in [3.63, 3.8) is 0 Å². The molecule has 2 aromatic rings.